The summed E-state index contributed by atoms with van der Waals surface area (Å²) in [7, 11) is 0. The van der Waals surface area contributed by atoms with Gasteiger partial charge in [-0.15, -0.1) is 0 Å². The molecule has 1 heterocycles. The molecule has 0 unspecified atom stereocenters. The zero-order valence-electron chi connectivity index (χ0n) is 7.34. The summed E-state index contributed by atoms with van der Waals surface area (Å²) >= 11 is 1.60. The summed E-state index contributed by atoms with van der Waals surface area (Å²) in [5.41, 5.74) is 1.00. The van der Waals surface area contributed by atoms with Crippen molar-refractivity contribution in [2.75, 3.05) is 6.26 Å². The van der Waals surface area contributed by atoms with Crippen molar-refractivity contribution in [1.29, 1.82) is 0 Å². The lowest BCUT2D eigenvalue weighted by molar-refractivity contribution is 0.405. The number of rotatable bonds is 2. The van der Waals surface area contributed by atoms with Gasteiger partial charge in [-0.3, -0.25) is 0 Å². The summed E-state index contributed by atoms with van der Waals surface area (Å²) in [6, 6.07) is 0. The van der Waals surface area contributed by atoms with Gasteiger partial charge in [0.1, 0.15) is 0 Å². The van der Waals surface area contributed by atoms with Crippen LogP contribution in [-0.4, -0.2) is 11.2 Å². The number of oxazole rings is 1. The molecule has 1 rings (SSSR count). The smallest absolute Gasteiger partial charge is 0.198 e. The average molecular weight is 171 g/mol. The van der Waals surface area contributed by atoms with Crippen LogP contribution in [-0.2, 0) is 0 Å². The van der Waals surface area contributed by atoms with Crippen molar-refractivity contribution >= 4 is 11.8 Å². The molecule has 0 bridgehead atoms. The molecule has 0 aliphatic carbocycles. The normalized spacial score (nSPS) is 11.0. The minimum Gasteiger partial charge on any atom is -0.434 e. The van der Waals surface area contributed by atoms with Crippen molar-refractivity contribution < 1.29 is 4.42 Å². The van der Waals surface area contributed by atoms with Gasteiger partial charge in [0.2, 0.25) is 0 Å². The molecule has 0 aliphatic rings. The molecule has 62 valence electrons. The van der Waals surface area contributed by atoms with Gasteiger partial charge in [-0.05, 0) is 13.2 Å². The monoisotopic (exact) mass is 171 g/mol. The Hall–Kier alpha value is -0.440. The van der Waals surface area contributed by atoms with Crippen LogP contribution in [0.4, 0.5) is 0 Å². The molecule has 1 aromatic rings. The third-order valence-corrected chi connectivity index (χ3v) is 2.20. The van der Waals surface area contributed by atoms with E-state index >= 15 is 0 Å². The van der Waals surface area contributed by atoms with Gasteiger partial charge in [-0.2, -0.15) is 0 Å². The van der Waals surface area contributed by atoms with Crippen LogP contribution in [0.25, 0.3) is 0 Å². The lowest BCUT2D eigenvalue weighted by Gasteiger charge is -1.94. The predicted octanol–water partition coefficient (Wildman–Crippen LogP) is 2.83. The van der Waals surface area contributed by atoms with E-state index in [1.54, 1.807) is 11.8 Å². The van der Waals surface area contributed by atoms with Crippen LogP contribution >= 0.6 is 11.8 Å². The largest absolute Gasteiger partial charge is 0.434 e. The third-order valence-electron chi connectivity index (χ3n) is 1.45. The Balaban J connectivity index is 2.95. The first-order chi connectivity index (χ1) is 5.15. The molecule has 0 atom stereocenters. The number of aryl methyl sites for hydroxylation is 1. The highest BCUT2D eigenvalue weighted by Crippen LogP contribution is 2.24. The van der Waals surface area contributed by atoms with E-state index in [9.17, 15) is 0 Å². The Kier molecular flexibility index (Phi) is 2.60. The summed E-state index contributed by atoms with van der Waals surface area (Å²) in [5.74, 6) is 1.22. The van der Waals surface area contributed by atoms with E-state index < -0.39 is 0 Å². The fraction of sp³-hybridized carbons (Fsp3) is 0.625. The van der Waals surface area contributed by atoms with Crippen LogP contribution in [0.2, 0.25) is 0 Å². The van der Waals surface area contributed by atoms with Crippen molar-refractivity contribution in [2.45, 2.75) is 31.8 Å². The van der Waals surface area contributed by atoms with Gasteiger partial charge in [-0.1, -0.05) is 25.6 Å². The second kappa shape index (κ2) is 3.30. The van der Waals surface area contributed by atoms with Crippen LogP contribution in [0.1, 0.15) is 31.4 Å². The third kappa shape index (κ3) is 1.77. The molecule has 2 nitrogen and oxygen atoms in total. The molecule has 0 saturated carbocycles. The second-order valence-corrected chi connectivity index (χ2v) is 3.56. The van der Waals surface area contributed by atoms with Gasteiger partial charge in [0, 0.05) is 5.92 Å². The van der Waals surface area contributed by atoms with E-state index in [4.69, 9.17) is 4.42 Å². The van der Waals surface area contributed by atoms with Crippen molar-refractivity contribution in [3.05, 3.63) is 11.6 Å². The summed E-state index contributed by atoms with van der Waals surface area (Å²) in [6.45, 7) is 6.13. The average Bonchev–Trinajstić information content (AvgIpc) is 2.31. The topological polar surface area (TPSA) is 26.0 Å². The molecule has 1 aromatic heterocycles. The summed E-state index contributed by atoms with van der Waals surface area (Å²) in [4.78, 5) is 4.29. The Morgan fingerprint density at radius 1 is 1.45 bits per heavy atom. The van der Waals surface area contributed by atoms with Gasteiger partial charge in [0.25, 0.3) is 0 Å². The van der Waals surface area contributed by atoms with E-state index in [0.29, 0.717) is 5.92 Å². The Bertz CT molecular complexity index is 242. The molecule has 3 heteroatoms. The lowest BCUT2D eigenvalue weighted by Crippen LogP contribution is -1.85. The minimum absolute atomic E-state index is 0.384. The quantitative estimate of drug-likeness (QED) is 0.640. The lowest BCUT2D eigenvalue weighted by atomic mass is 10.2. The van der Waals surface area contributed by atoms with Crippen LogP contribution in [0.5, 0.6) is 0 Å². The van der Waals surface area contributed by atoms with Crippen LogP contribution in [0, 0.1) is 6.92 Å². The fourth-order valence-corrected chi connectivity index (χ4v) is 1.35. The van der Waals surface area contributed by atoms with Gasteiger partial charge >= 0.3 is 0 Å². The molecule has 0 amide bonds. The Labute approximate surface area is 71.4 Å². The Morgan fingerprint density at radius 3 is 2.36 bits per heavy atom. The van der Waals surface area contributed by atoms with Crippen molar-refractivity contribution in [3.8, 4) is 0 Å². The van der Waals surface area contributed by atoms with Gasteiger partial charge in [0.15, 0.2) is 11.0 Å². The molecular formula is C8H13NOS. The van der Waals surface area contributed by atoms with Crippen LogP contribution in [0.15, 0.2) is 9.51 Å². The molecule has 0 saturated heterocycles. The first-order valence-electron chi connectivity index (χ1n) is 3.66. The number of hydrogen-bond donors (Lipinski definition) is 0. The highest BCUT2D eigenvalue weighted by atomic mass is 32.2. The molecule has 0 fully saturated rings. The van der Waals surface area contributed by atoms with E-state index in [0.717, 1.165) is 16.7 Å². The number of hydrogen-bond acceptors (Lipinski definition) is 3. The molecule has 0 radical (unpaired) electrons. The van der Waals surface area contributed by atoms with Crippen LogP contribution < -0.4 is 0 Å². The number of nitrogens with zero attached hydrogens (tertiary/aromatic N) is 1. The van der Waals surface area contributed by atoms with Crippen molar-refractivity contribution in [2.24, 2.45) is 0 Å². The molecule has 0 aliphatic heterocycles. The zero-order valence-corrected chi connectivity index (χ0v) is 8.16. The maximum Gasteiger partial charge on any atom is 0.198 e. The SMILES string of the molecule is CSc1oc(C(C)C)nc1C. The molecule has 0 spiro atoms. The van der Waals surface area contributed by atoms with E-state index in [1.807, 2.05) is 13.2 Å². The highest BCUT2D eigenvalue weighted by Gasteiger charge is 2.10. The van der Waals surface area contributed by atoms with Crippen molar-refractivity contribution in [3.63, 3.8) is 0 Å². The number of aromatic nitrogens is 1. The summed E-state index contributed by atoms with van der Waals surface area (Å²) in [5, 5.41) is 0.939. The zero-order chi connectivity index (χ0) is 8.43. The van der Waals surface area contributed by atoms with Crippen molar-refractivity contribution in [1.82, 2.24) is 4.98 Å². The standard InChI is InChI=1S/C8H13NOS/c1-5(2)7-9-6(3)8(10-7)11-4/h5H,1-4H3. The fourth-order valence-electron chi connectivity index (χ4n) is 0.839. The van der Waals surface area contributed by atoms with Gasteiger partial charge < -0.3 is 4.42 Å². The van der Waals surface area contributed by atoms with E-state index in [-0.39, 0.29) is 0 Å². The van der Waals surface area contributed by atoms with E-state index in [2.05, 4.69) is 18.8 Å². The maximum absolute atomic E-state index is 5.48. The highest BCUT2D eigenvalue weighted by molar-refractivity contribution is 7.98. The predicted molar refractivity (Wildman–Crippen MR) is 47.1 cm³/mol. The second-order valence-electron chi connectivity index (χ2n) is 2.78. The summed E-state index contributed by atoms with van der Waals surface area (Å²) < 4.78 is 5.48. The van der Waals surface area contributed by atoms with E-state index in [1.165, 1.54) is 0 Å². The van der Waals surface area contributed by atoms with Gasteiger partial charge in [0.05, 0.1) is 5.69 Å². The van der Waals surface area contributed by atoms with Crippen LogP contribution in [0.3, 0.4) is 0 Å². The molecular weight excluding hydrogens is 158 g/mol. The molecule has 0 aromatic carbocycles. The first-order valence-corrected chi connectivity index (χ1v) is 4.89. The number of thioether (sulfide) groups is 1. The molecule has 0 N–H and O–H groups in total. The van der Waals surface area contributed by atoms with Gasteiger partial charge in [-0.25, -0.2) is 4.98 Å². The first kappa shape index (κ1) is 8.65. The minimum atomic E-state index is 0.384. The Morgan fingerprint density at radius 2 is 2.09 bits per heavy atom. The molecule has 11 heavy (non-hydrogen) atoms. The summed E-state index contributed by atoms with van der Waals surface area (Å²) in [6.07, 6.45) is 2.00. The maximum atomic E-state index is 5.48.